The van der Waals surface area contributed by atoms with Crippen molar-refractivity contribution in [1.82, 2.24) is 9.97 Å². The monoisotopic (exact) mass is 388 g/mol. The van der Waals surface area contributed by atoms with Crippen LogP contribution in [0.15, 0.2) is 73.2 Å². The molecule has 0 radical (unpaired) electrons. The first-order valence-corrected chi connectivity index (χ1v) is 9.11. The van der Waals surface area contributed by atoms with E-state index in [2.05, 4.69) is 20.6 Å². The molecule has 4 aromatic rings. The quantitative estimate of drug-likeness (QED) is 0.478. The molecule has 2 aromatic carbocycles. The smallest absolute Gasteiger partial charge is 0.257 e. The van der Waals surface area contributed by atoms with Gasteiger partial charge in [0.1, 0.15) is 0 Å². The number of halogens is 1. The van der Waals surface area contributed by atoms with Gasteiger partial charge in [-0.05, 0) is 42.8 Å². The van der Waals surface area contributed by atoms with Gasteiger partial charge in [0, 0.05) is 28.5 Å². The lowest BCUT2D eigenvalue weighted by atomic mass is 10.1. The summed E-state index contributed by atoms with van der Waals surface area (Å²) in [7, 11) is 0. The third-order valence-corrected chi connectivity index (χ3v) is 4.60. The number of aryl methyl sites for hydroxylation is 1. The van der Waals surface area contributed by atoms with E-state index in [0.29, 0.717) is 22.0 Å². The molecule has 2 aromatic heterocycles. The molecule has 5 nitrogen and oxygen atoms in total. The van der Waals surface area contributed by atoms with Crippen LogP contribution in [-0.2, 0) is 0 Å². The summed E-state index contributed by atoms with van der Waals surface area (Å²) in [6.45, 7) is 1.91. The van der Waals surface area contributed by atoms with E-state index in [0.717, 1.165) is 22.2 Å². The highest BCUT2D eigenvalue weighted by atomic mass is 35.5. The van der Waals surface area contributed by atoms with Gasteiger partial charge in [0.2, 0.25) is 0 Å². The number of anilines is 3. The maximum absolute atomic E-state index is 12.7. The van der Waals surface area contributed by atoms with Crippen LogP contribution in [0.25, 0.3) is 10.9 Å². The zero-order valence-corrected chi connectivity index (χ0v) is 15.9. The predicted molar refractivity (Wildman–Crippen MR) is 113 cm³/mol. The van der Waals surface area contributed by atoms with Gasteiger partial charge in [-0.2, -0.15) is 0 Å². The number of rotatable bonds is 4. The highest BCUT2D eigenvalue weighted by molar-refractivity contribution is 6.31. The van der Waals surface area contributed by atoms with Crippen LogP contribution in [0.5, 0.6) is 0 Å². The first-order valence-electron chi connectivity index (χ1n) is 8.73. The number of para-hydroxylation sites is 1. The fourth-order valence-corrected chi connectivity index (χ4v) is 3.09. The van der Waals surface area contributed by atoms with Crippen molar-refractivity contribution in [2.45, 2.75) is 6.92 Å². The SMILES string of the molecule is Cc1ccc(Cl)cc1NC(=O)c1cncc(Nc2cccc3cccnc23)c1. The zero-order chi connectivity index (χ0) is 19.5. The van der Waals surface area contributed by atoms with Gasteiger partial charge in [-0.1, -0.05) is 35.9 Å². The Morgan fingerprint density at radius 1 is 1.00 bits per heavy atom. The minimum atomic E-state index is -0.252. The highest BCUT2D eigenvalue weighted by Crippen LogP contribution is 2.25. The number of amides is 1. The van der Waals surface area contributed by atoms with Gasteiger partial charge in [0.15, 0.2) is 0 Å². The van der Waals surface area contributed by atoms with Gasteiger partial charge in [-0.25, -0.2) is 0 Å². The number of fused-ring (bicyclic) bond motifs is 1. The average Bonchev–Trinajstić information content (AvgIpc) is 2.71. The van der Waals surface area contributed by atoms with Gasteiger partial charge in [-0.15, -0.1) is 0 Å². The molecule has 1 amide bonds. The van der Waals surface area contributed by atoms with Crippen molar-refractivity contribution >= 4 is 45.5 Å². The average molecular weight is 389 g/mol. The topological polar surface area (TPSA) is 66.9 Å². The zero-order valence-electron chi connectivity index (χ0n) is 15.1. The highest BCUT2D eigenvalue weighted by Gasteiger charge is 2.10. The van der Waals surface area contributed by atoms with E-state index >= 15 is 0 Å². The Kier molecular flexibility index (Phi) is 4.91. The second-order valence-electron chi connectivity index (χ2n) is 6.38. The van der Waals surface area contributed by atoms with Gasteiger partial charge in [0.05, 0.1) is 28.7 Å². The van der Waals surface area contributed by atoms with Crippen LogP contribution < -0.4 is 10.6 Å². The maximum Gasteiger partial charge on any atom is 0.257 e. The summed E-state index contributed by atoms with van der Waals surface area (Å²) in [5.74, 6) is -0.252. The Labute approximate surface area is 167 Å². The third kappa shape index (κ3) is 3.80. The number of nitrogens with one attached hydrogen (secondary N) is 2. The van der Waals surface area contributed by atoms with Gasteiger partial charge < -0.3 is 10.6 Å². The normalized spacial score (nSPS) is 10.6. The second kappa shape index (κ2) is 7.66. The molecule has 0 aliphatic carbocycles. The summed E-state index contributed by atoms with van der Waals surface area (Å²) in [6.07, 6.45) is 4.95. The number of aromatic nitrogens is 2. The van der Waals surface area contributed by atoms with Gasteiger partial charge >= 0.3 is 0 Å². The Balaban J connectivity index is 1.59. The van der Waals surface area contributed by atoms with E-state index in [4.69, 9.17) is 11.6 Å². The van der Waals surface area contributed by atoms with Crippen LogP contribution in [0.3, 0.4) is 0 Å². The van der Waals surface area contributed by atoms with Crippen molar-refractivity contribution in [1.29, 1.82) is 0 Å². The van der Waals surface area contributed by atoms with Crippen molar-refractivity contribution in [2.75, 3.05) is 10.6 Å². The molecule has 0 fully saturated rings. The fraction of sp³-hybridized carbons (Fsp3) is 0.0455. The van der Waals surface area contributed by atoms with Crippen molar-refractivity contribution in [3.8, 4) is 0 Å². The number of carbonyl (C=O) groups is 1. The predicted octanol–water partition coefficient (Wildman–Crippen LogP) is 5.59. The molecule has 2 heterocycles. The molecule has 0 saturated heterocycles. The van der Waals surface area contributed by atoms with Crippen molar-refractivity contribution in [3.63, 3.8) is 0 Å². The maximum atomic E-state index is 12.7. The molecule has 0 spiro atoms. The number of benzene rings is 2. The Morgan fingerprint density at radius 3 is 2.75 bits per heavy atom. The van der Waals surface area contributed by atoms with E-state index < -0.39 is 0 Å². The number of hydrogen-bond acceptors (Lipinski definition) is 4. The minimum Gasteiger partial charge on any atom is -0.352 e. The first kappa shape index (κ1) is 17.9. The van der Waals surface area contributed by atoms with Crippen molar-refractivity contribution in [2.24, 2.45) is 0 Å². The summed E-state index contributed by atoms with van der Waals surface area (Å²) in [5.41, 5.74) is 4.46. The van der Waals surface area contributed by atoms with Crippen molar-refractivity contribution < 1.29 is 4.79 Å². The number of pyridine rings is 2. The lowest BCUT2D eigenvalue weighted by molar-refractivity contribution is 0.102. The number of carbonyl (C=O) groups excluding carboxylic acids is 1. The van der Waals surface area contributed by atoms with Crippen LogP contribution in [-0.4, -0.2) is 15.9 Å². The number of nitrogens with zero attached hydrogens (tertiary/aromatic N) is 2. The summed E-state index contributed by atoms with van der Waals surface area (Å²) >= 11 is 6.03. The van der Waals surface area contributed by atoms with Gasteiger partial charge in [-0.3, -0.25) is 14.8 Å². The fourth-order valence-electron chi connectivity index (χ4n) is 2.92. The molecule has 0 aliphatic rings. The Bertz CT molecular complexity index is 1170. The molecular weight excluding hydrogens is 372 g/mol. The molecule has 28 heavy (non-hydrogen) atoms. The van der Waals surface area contributed by atoms with Gasteiger partial charge in [0.25, 0.3) is 5.91 Å². The van der Waals surface area contributed by atoms with E-state index in [1.165, 1.54) is 6.20 Å². The molecule has 4 rings (SSSR count). The molecule has 0 aliphatic heterocycles. The molecule has 0 saturated carbocycles. The van der Waals surface area contributed by atoms with Crippen molar-refractivity contribution in [3.05, 3.63) is 89.3 Å². The largest absolute Gasteiger partial charge is 0.352 e. The minimum absolute atomic E-state index is 0.252. The van der Waals surface area contributed by atoms with E-state index in [1.54, 1.807) is 30.6 Å². The lowest BCUT2D eigenvalue weighted by Gasteiger charge is -2.11. The molecule has 138 valence electrons. The Hall–Kier alpha value is -3.44. The second-order valence-corrected chi connectivity index (χ2v) is 6.82. The van der Waals surface area contributed by atoms with Crippen LogP contribution in [0.2, 0.25) is 5.02 Å². The molecule has 0 bridgehead atoms. The Morgan fingerprint density at radius 2 is 1.86 bits per heavy atom. The molecule has 0 unspecified atom stereocenters. The molecular formula is C22H17ClN4O. The standard InChI is InChI=1S/C22H17ClN4O/c1-14-7-8-17(23)11-20(14)27-22(28)16-10-18(13-24-12-16)26-19-6-2-4-15-5-3-9-25-21(15)19/h2-13,26H,1H3,(H,27,28). The third-order valence-electron chi connectivity index (χ3n) is 4.36. The van der Waals surface area contributed by atoms with Crippen LogP contribution >= 0.6 is 11.6 Å². The number of hydrogen-bond donors (Lipinski definition) is 2. The van der Waals surface area contributed by atoms with Crippen LogP contribution in [0.4, 0.5) is 17.1 Å². The van der Waals surface area contributed by atoms with E-state index in [1.807, 2.05) is 43.3 Å². The summed E-state index contributed by atoms with van der Waals surface area (Å²) < 4.78 is 0. The molecule has 0 atom stereocenters. The van der Waals surface area contributed by atoms with Crippen LogP contribution in [0, 0.1) is 6.92 Å². The molecule has 2 N–H and O–H groups in total. The summed E-state index contributed by atoms with van der Waals surface area (Å²) in [4.78, 5) is 21.3. The summed E-state index contributed by atoms with van der Waals surface area (Å²) in [5, 5.41) is 7.79. The molecule has 6 heteroatoms. The lowest BCUT2D eigenvalue weighted by Crippen LogP contribution is -2.13. The van der Waals surface area contributed by atoms with E-state index in [-0.39, 0.29) is 5.91 Å². The van der Waals surface area contributed by atoms with E-state index in [9.17, 15) is 4.79 Å². The summed E-state index contributed by atoms with van der Waals surface area (Å²) in [6, 6.07) is 16.9. The first-order chi connectivity index (χ1) is 13.6. The van der Waals surface area contributed by atoms with Crippen LogP contribution in [0.1, 0.15) is 15.9 Å².